The molecule has 2 amide bonds. The zero-order valence-corrected chi connectivity index (χ0v) is 9.93. The fourth-order valence-electron chi connectivity index (χ4n) is 1.34. The number of amides is 2. The molecule has 0 spiro atoms. The summed E-state index contributed by atoms with van der Waals surface area (Å²) in [4.78, 5) is 21.9. The number of aliphatic hydroxyl groups is 1. The predicted molar refractivity (Wildman–Crippen MR) is 67.4 cm³/mol. The van der Waals surface area contributed by atoms with Gasteiger partial charge in [0.15, 0.2) is 0 Å². The highest BCUT2D eigenvalue weighted by atomic mass is 16.3. The zero-order chi connectivity index (χ0) is 13.5. The molecule has 1 aromatic carbocycles. The highest BCUT2D eigenvalue weighted by Crippen LogP contribution is 2.07. The summed E-state index contributed by atoms with van der Waals surface area (Å²) in [5.74, 6) is -1.10. The van der Waals surface area contributed by atoms with Crippen molar-refractivity contribution in [3.8, 4) is 0 Å². The Bertz CT molecular complexity index is 417. The van der Waals surface area contributed by atoms with Crippen molar-refractivity contribution in [2.24, 2.45) is 5.73 Å². The second kappa shape index (κ2) is 6.61. The van der Waals surface area contributed by atoms with Gasteiger partial charge in [0.2, 0.25) is 11.8 Å². The number of nitrogen functional groups attached to an aromatic ring is 1. The van der Waals surface area contributed by atoms with Crippen molar-refractivity contribution >= 4 is 17.5 Å². The summed E-state index contributed by atoms with van der Waals surface area (Å²) in [7, 11) is 0. The lowest BCUT2D eigenvalue weighted by molar-refractivity contribution is -0.127. The first kappa shape index (κ1) is 14.0. The number of hydrogen-bond donors (Lipinski definition) is 4. The van der Waals surface area contributed by atoms with Crippen LogP contribution in [-0.4, -0.2) is 29.6 Å². The van der Waals surface area contributed by atoms with Gasteiger partial charge in [0.05, 0.1) is 6.54 Å². The Morgan fingerprint density at radius 1 is 1.28 bits per heavy atom. The molecule has 6 nitrogen and oxygen atoms in total. The van der Waals surface area contributed by atoms with Gasteiger partial charge in [-0.25, -0.2) is 0 Å². The number of aliphatic hydroxyl groups excluding tert-OH is 1. The Kier molecular flexibility index (Phi) is 5.13. The largest absolute Gasteiger partial charge is 0.399 e. The van der Waals surface area contributed by atoms with Crippen LogP contribution in [0.5, 0.6) is 0 Å². The van der Waals surface area contributed by atoms with Crippen LogP contribution in [0, 0.1) is 0 Å². The van der Waals surface area contributed by atoms with Gasteiger partial charge < -0.3 is 21.9 Å². The number of carbonyl (C=O) groups is 2. The average Bonchev–Trinajstić information content (AvgIpc) is 2.35. The van der Waals surface area contributed by atoms with Crippen molar-refractivity contribution in [1.82, 2.24) is 5.32 Å². The average molecular weight is 251 g/mol. The third kappa shape index (κ3) is 4.84. The van der Waals surface area contributed by atoms with E-state index in [1.807, 2.05) is 12.1 Å². The van der Waals surface area contributed by atoms with Crippen LogP contribution in [0.3, 0.4) is 0 Å². The molecule has 1 aromatic rings. The molecule has 98 valence electrons. The molecule has 0 radical (unpaired) electrons. The summed E-state index contributed by atoms with van der Waals surface area (Å²) < 4.78 is 0. The van der Waals surface area contributed by atoms with Gasteiger partial charge in [-0.2, -0.15) is 0 Å². The molecule has 0 aromatic heterocycles. The van der Waals surface area contributed by atoms with E-state index in [0.29, 0.717) is 12.1 Å². The maximum absolute atomic E-state index is 11.4. The van der Waals surface area contributed by atoms with Crippen molar-refractivity contribution in [1.29, 1.82) is 0 Å². The van der Waals surface area contributed by atoms with Crippen molar-refractivity contribution in [2.45, 2.75) is 18.9 Å². The third-order valence-corrected chi connectivity index (χ3v) is 2.44. The van der Waals surface area contributed by atoms with E-state index < -0.39 is 12.0 Å². The monoisotopic (exact) mass is 251 g/mol. The Balaban J connectivity index is 2.29. The molecular formula is C12H17N3O3. The summed E-state index contributed by atoms with van der Waals surface area (Å²) in [5.41, 5.74) is 12.1. The van der Waals surface area contributed by atoms with Gasteiger partial charge >= 0.3 is 0 Å². The smallest absolute Gasteiger partial charge is 0.248 e. The maximum Gasteiger partial charge on any atom is 0.248 e. The van der Waals surface area contributed by atoms with Gasteiger partial charge in [-0.1, -0.05) is 12.1 Å². The summed E-state index contributed by atoms with van der Waals surface area (Å²) in [6, 6.07) is 7.23. The van der Waals surface area contributed by atoms with Gasteiger partial charge in [0, 0.05) is 12.1 Å². The summed E-state index contributed by atoms with van der Waals surface area (Å²) in [6.45, 7) is -0.157. The Hall–Kier alpha value is -2.08. The van der Waals surface area contributed by atoms with Crippen LogP contribution >= 0.6 is 0 Å². The molecule has 1 atom stereocenters. The minimum atomic E-state index is -1.34. The van der Waals surface area contributed by atoms with E-state index >= 15 is 0 Å². The third-order valence-electron chi connectivity index (χ3n) is 2.44. The minimum absolute atomic E-state index is 0.157. The summed E-state index contributed by atoms with van der Waals surface area (Å²) >= 11 is 0. The number of rotatable bonds is 6. The van der Waals surface area contributed by atoms with E-state index in [4.69, 9.17) is 16.6 Å². The SMILES string of the molecule is NC(=O)C(O)CNC(=O)CCc1ccc(N)cc1. The molecule has 0 heterocycles. The second-order valence-corrected chi connectivity index (χ2v) is 3.96. The van der Waals surface area contributed by atoms with Gasteiger partial charge in [0.25, 0.3) is 0 Å². The molecule has 6 heteroatoms. The molecule has 0 saturated carbocycles. The molecule has 0 fully saturated rings. The summed E-state index contributed by atoms with van der Waals surface area (Å²) in [5, 5.41) is 11.5. The normalized spacial score (nSPS) is 11.8. The fraction of sp³-hybridized carbons (Fsp3) is 0.333. The highest BCUT2D eigenvalue weighted by Gasteiger charge is 2.11. The second-order valence-electron chi connectivity index (χ2n) is 3.96. The molecule has 0 aliphatic carbocycles. The fourth-order valence-corrected chi connectivity index (χ4v) is 1.34. The van der Waals surface area contributed by atoms with E-state index in [2.05, 4.69) is 5.32 Å². The number of hydrogen-bond acceptors (Lipinski definition) is 4. The number of benzene rings is 1. The Morgan fingerprint density at radius 3 is 2.44 bits per heavy atom. The van der Waals surface area contributed by atoms with E-state index in [9.17, 15) is 9.59 Å². The van der Waals surface area contributed by atoms with E-state index in [-0.39, 0.29) is 18.9 Å². The lowest BCUT2D eigenvalue weighted by Gasteiger charge is -2.08. The topological polar surface area (TPSA) is 118 Å². The van der Waals surface area contributed by atoms with Crippen LogP contribution in [0.15, 0.2) is 24.3 Å². The van der Waals surface area contributed by atoms with E-state index in [1.165, 1.54) is 0 Å². The number of nitrogens with two attached hydrogens (primary N) is 2. The van der Waals surface area contributed by atoms with Crippen molar-refractivity contribution < 1.29 is 14.7 Å². The van der Waals surface area contributed by atoms with Crippen LogP contribution in [0.1, 0.15) is 12.0 Å². The van der Waals surface area contributed by atoms with Crippen LogP contribution in [-0.2, 0) is 16.0 Å². The number of primary amides is 1. The minimum Gasteiger partial charge on any atom is -0.399 e. The van der Waals surface area contributed by atoms with Crippen LogP contribution in [0.25, 0.3) is 0 Å². The van der Waals surface area contributed by atoms with Crippen molar-refractivity contribution in [2.75, 3.05) is 12.3 Å². The van der Waals surface area contributed by atoms with Crippen molar-refractivity contribution in [3.05, 3.63) is 29.8 Å². The maximum atomic E-state index is 11.4. The molecule has 0 bridgehead atoms. The Labute approximate surface area is 105 Å². The molecule has 1 rings (SSSR count). The molecule has 1 unspecified atom stereocenters. The predicted octanol–water partition coefficient (Wildman–Crippen LogP) is -0.836. The van der Waals surface area contributed by atoms with Crippen LogP contribution in [0.2, 0.25) is 0 Å². The quantitative estimate of drug-likeness (QED) is 0.493. The van der Waals surface area contributed by atoms with Crippen LogP contribution < -0.4 is 16.8 Å². The number of nitrogens with one attached hydrogen (secondary N) is 1. The zero-order valence-electron chi connectivity index (χ0n) is 9.93. The molecule has 18 heavy (non-hydrogen) atoms. The standard InChI is InChI=1S/C12H17N3O3/c13-9-4-1-8(2-5-9)3-6-11(17)15-7-10(16)12(14)18/h1-2,4-5,10,16H,3,6-7,13H2,(H2,14,18)(H,15,17). The van der Waals surface area contributed by atoms with E-state index in [0.717, 1.165) is 5.56 Å². The first-order valence-corrected chi connectivity index (χ1v) is 5.57. The van der Waals surface area contributed by atoms with Gasteiger partial charge in [-0.15, -0.1) is 0 Å². The molecule has 0 aliphatic heterocycles. The molecule has 6 N–H and O–H groups in total. The van der Waals surface area contributed by atoms with Gasteiger partial charge in [-0.3, -0.25) is 9.59 Å². The van der Waals surface area contributed by atoms with E-state index in [1.54, 1.807) is 12.1 Å². The number of anilines is 1. The first-order chi connectivity index (χ1) is 8.49. The van der Waals surface area contributed by atoms with Crippen molar-refractivity contribution in [3.63, 3.8) is 0 Å². The molecular weight excluding hydrogens is 234 g/mol. The lowest BCUT2D eigenvalue weighted by atomic mass is 10.1. The highest BCUT2D eigenvalue weighted by molar-refractivity contribution is 5.81. The molecule has 0 aliphatic rings. The number of carbonyl (C=O) groups excluding carboxylic acids is 2. The number of aryl methyl sites for hydroxylation is 1. The van der Waals surface area contributed by atoms with Gasteiger partial charge in [-0.05, 0) is 24.1 Å². The molecule has 0 saturated heterocycles. The van der Waals surface area contributed by atoms with Crippen LogP contribution in [0.4, 0.5) is 5.69 Å². The van der Waals surface area contributed by atoms with Gasteiger partial charge in [0.1, 0.15) is 6.10 Å². The summed E-state index contributed by atoms with van der Waals surface area (Å²) in [6.07, 6.45) is -0.501. The Morgan fingerprint density at radius 2 is 1.89 bits per heavy atom. The first-order valence-electron chi connectivity index (χ1n) is 5.57. The lowest BCUT2D eigenvalue weighted by Crippen LogP contribution is -2.40.